The number of benzene rings is 2. The minimum Gasteiger partial charge on any atom is -0.508 e. The fourth-order valence-corrected chi connectivity index (χ4v) is 1.71. The minimum absolute atomic E-state index is 0.0116. The van der Waals surface area contributed by atoms with Crippen molar-refractivity contribution in [3.05, 3.63) is 63.9 Å². The normalized spacial score (nSPS) is 9.70. The molecule has 2 N–H and O–H groups in total. The van der Waals surface area contributed by atoms with Gasteiger partial charge in [0.05, 0.1) is 16.1 Å². The summed E-state index contributed by atoms with van der Waals surface area (Å²) in [6, 6.07) is 7.72. The number of carbonyl (C=O) groups is 1. The lowest BCUT2D eigenvalue weighted by molar-refractivity contribution is 0.0696. The van der Waals surface area contributed by atoms with Crippen LogP contribution in [0, 0.1) is 17.7 Å². The van der Waals surface area contributed by atoms with Crippen molar-refractivity contribution in [3.8, 4) is 17.6 Å². The highest BCUT2D eigenvalue weighted by Crippen LogP contribution is 2.20. The summed E-state index contributed by atoms with van der Waals surface area (Å²) in [6.45, 7) is 0. The van der Waals surface area contributed by atoms with Crippen LogP contribution in [0.3, 0.4) is 0 Å². The number of hydrogen-bond acceptors (Lipinski definition) is 2. The molecular formula is C15H8ClFO3. The van der Waals surface area contributed by atoms with E-state index in [1.54, 1.807) is 0 Å². The van der Waals surface area contributed by atoms with Gasteiger partial charge in [-0.25, -0.2) is 9.18 Å². The van der Waals surface area contributed by atoms with Crippen LogP contribution in [0.4, 0.5) is 4.39 Å². The molecule has 0 aliphatic heterocycles. The van der Waals surface area contributed by atoms with Crippen LogP contribution in [-0.4, -0.2) is 16.2 Å². The Bertz CT molecular complexity index is 745. The zero-order valence-electron chi connectivity index (χ0n) is 10.0. The third kappa shape index (κ3) is 3.08. The molecule has 0 saturated heterocycles. The number of carboxylic acids is 1. The molecule has 0 amide bonds. The molecule has 2 aromatic rings. The first-order valence-electron chi connectivity index (χ1n) is 5.51. The Morgan fingerprint density at radius 1 is 1.10 bits per heavy atom. The van der Waals surface area contributed by atoms with Crippen LogP contribution >= 0.6 is 11.6 Å². The molecule has 2 aromatic carbocycles. The van der Waals surface area contributed by atoms with Gasteiger partial charge in [0.2, 0.25) is 0 Å². The number of halogens is 2. The number of phenolic OH excluding ortho intramolecular Hbond substituents is 1. The Morgan fingerprint density at radius 3 is 2.35 bits per heavy atom. The van der Waals surface area contributed by atoms with Crippen molar-refractivity contribution >= 4 is 17.6 Å². The molecule has 0 unspecified atom stereocenters. The summed E-state index contributed by atoms with van der Waals surface area (Å²) in [4.78, 5) is 10.7. The average Bonchev–Trinajstić information content (AvgIpc) is 2.38. The SMILES string of the molecule is O=C(O)c1ccc(C#Cc2ccc(O)cc2Cl)c(F)c1. The summed E-state index contributed by atoms with van der Waals surface area (Å²) in [5.41, 5.74) is 0.362. The van der Waals surface area contributed by atoms with E-state index in [4.69, 9.17) is 16.7 Å². The van der Waals surface area contributed by atoms with Crippen LogP contribution in [0.1, 0.15) is 21.5 Å². The number of phenols is 1. The van der Waals surface area contributed by atoms with Gasteiger partial charge in [0.1, 0.15) is 11.6 Å². The van der Waals surface area contributed by atoms with E-state index in [0.29, 0.717) is 5.56 Å². The second-order valence-electron chi connectivity index (χ2n) is 3.91. The summed E-state index contributed by atoms with van der Waals surface area (Å²) in [6.07, 6.45) is 0. The summed E-state index contributed by atoms with van der Waals surface area (Å²) in [5, 5.41) is 18.2. The van der Waals surface area contributed by atoms with E-state index in [1.807, 2.05) is 0 Å². The van der Waals surface area contributed by atoms with Gasteiger partial charge in [-0.1, -0.05) is 23.4 Å². The molecule has 100 valence electrons. The summed E-state index contributed by atoms with van der Waals surface area (Å²) in [7, 11) is 0. The van der Waals surface area contributed by atoms with Crippen molar-refractivity contribution in [2.24, 2.45) is 0 Å². The first-order valence-corrected chi connectivity index (χ1v) is 5.88. The largest absolute Gasteiger partial charge is 0.508 e. The highest BCUT2D eigenvalue weighted by atomic mass is 35.5. The molecule has 0 saturated carbocycles. The van der Waals surface area contributed by atoms with Crippen LogP contribution in [0.5, 0.6) is 5.75 Å². The monoisotopic (exact) mass is 290 g/mol. The number of hydrogen-bond donors (Lipinski definition) is 2. The van der Waals surface area contributed by atoms with Gasteiger partial charge in [0.15, 0.2) is 0 Å². The minimum atomic E-state index is -1.20. The molecule has 0 fully saturated rings. The summed E-state index contributed by atoms with van der Waals surface area (Å²) in [5.74, 6) is 3.33. The lowest BCUT2D eigenvalue weighted by atomic mass is 10.1. The smallest absolute Gasteiger partial charge is 0.335 e. The van der Waals surface area contributed by atoms with Gasteiger partial charge < -0.3 is 10.2 Å². The molecule has 0 aliphatic rings. The van der Waals surface area contributed by atoms with Gasteiger partial charge in [0.25, 0.3) is 0 Å². The second kappa shape index (κ2) is 5.64. The summed E-state index contributed by atoms with van der Waals surface area (Å²) < 4.78 is 13.6. The highest BCUT2D eigenvalue weighted by Gasteiger charge is 2.06. The second-order valence-corrected chi connectivity index (χ2v) is 4.32. The topological polar surface area (TPSA) is 57.5 Å². The molecule has 5 heteroatoms. The van der Waals surface area contributed by atoms with E-state index in [2.05, 4.69) is 11.8 Å². The Labute approximate surface area is 119 Å². The predicted molar refractivity (Wildman–Crippen MR) is 72.5 cm³/mol. The maximum Gasteiger partial charge on any atom is 0.335 e. The van der Waals surface area contributed by atoms with Crippen molar-refractivity contribution in [1.82, 2.24) is 0 Å². The lowest BCUT2D eigenvalue weighted by Crippen LogP contribution is -1.97. The Kier molecular flexibility index (Phi) is 3.92. The van der Waals surface area contributed by atoms with E-state index in [-0.39, 0.29) is 21.9 Å². The van der Waals surface area contributed by atoms with E-state index < -0.39 is 11.8 Å². The molecule has 0 atom stereocenters. The maximum absolute atomic E-state index is 13.6. The molecule has 2 rings (SSSR count). The first-order chi connectivity index (χ1) is 9.47. The third-order valence-electron chi connectivity index (χ3n) is 2.50. The molecule has 0 bridgehead atoms. The van der Waals surface area contributed by atoms with Gasteiger partial charge in [-0.3, -0.25) is 0 Å². The number of aromatic hydroxyl groups is 1. The lowest BCUT2D eigenvalue weighted by Gasteiger charge is -1.98. The van der Waals surface area contributed by atoms with Crippen LogP contribution in [-0.2, 0) is 0 Å². The van der Waals surface area contributed by atoms with Gasteiger partial charge in [0, 0.05) is 5.56 Å². The number of aromatic carboxylic acids is 1. The van der Waals surface area contributed by atoms with Crippen LogP contribution in [0.15, 0.2) is 36.4 Å². The maximum atomic E-state index is 13.6. The molecular weight excluding hydrogens is 283 g/mol. The molecule has 0 radical (unpaired) electrons. The van der Waals surface area contributed by atoms with E-state index in [0.717, 1.165) is 6.07 Å². The van der Waals surface area contributed by atoms with Gasteiger partial charge in [-0.2, -0.15) is 0 Å². The summed E-state index contributed by atoms with van der Waals surface area (Å²) >= 11 is 5.87. The molecule has 20 heavy (non-hydrogen) atoms. The van der Waals surface area contributed by atoms with Crippen molar-refractivity contribution in [2.45, 2.75) is 0 Å². The third-order valence-corrected chi connectivity index (χ3v) is 2.81. The van der Waals surface area contributed by atoms with Crippen LogP contribution < -0.4 is 0 Å². The molecule has 0 aliphatic carbocycles. The standard InChI is InChI=1S/C15H8ClFO3/c16-13-8-12(18)6-5-9(13)1-2-10-3-4-11(15(19)20)7-14(10)17/h3-8,18H,(H,19,20). The predicted octanol–water partition coefficient (Wildman–Crippen LogP) is 3.28. The Balaban J connectivity index is 2.36. The van der Waals surface area contributed by atoms with E-state index in [1.165, 1.54) is 30.3 Å². The molecule has 3 nitrogen and oxygen atoms in total. The molecule has 0 aromatic heterocycles. The van der Waals surface area contributed by atoms with Gasteiger partial charge >= 0.3 is 5.97 Å². The highest BCUT2D eigenvalue weighted by molar-refractivity contribution is 6.31. The fourth-order valence-electron chi connectivity index (χ4n) is 1.49. The van der Waals surface area contributed by atoms with Crippen molar-refractivity contribution in [1.29, 1.82) is 0 Å². The quantitative estimate of drug-likeness (QED) is 0.793. The Morgan fingerprint density at radius 2 is 1.75 bits per heavy atom. The van der Waals surface area contributed by atoms with Gasteiger partial charge in [-0.15, -0.1) is 0 Å². The van der Waals surface area contributed by atoms with Gasteiger partial charge in [-0.05, 0) is 36.4 Å². The van der Waals surface area contributed by atoms with Crippen LogP contribution in [0.2, 0.25) is 5.02 Å². The fraction of sp³-hybridized carbons (Fsp3) is 0. The van der Waals surface area contributed by atoms with Crippen molar-refractivity contribution in [3.63, 3.8) is 0 Å². The van der Waals surface area contributed by atoms with E-state index in [9.17, 15) is 14.3 Å². The van der Waals surface area contributed by atoms with Crippen molar-refractivity contribution in [2.75, 3.05) is 0 Å². The first kappa shape index (κ1) is 13.9. The number of rotatable bonds is 1. The zero-order chi connectivity index (χ0) is 14.7. The molecule has 0 heterocycles. The van der Waals surface area contributed by atoms with Crippen molar-refractivity contribution < 1.29 is 19.4 Å². The molecule has 0 spiro atoms. The Hall–Kier alpha value is -2.51. The van der Waals surface area contributed by atoms with E-state index >= 15 is 0 Å². The number of carboxylic acid groups (broad SMARTS) is 1. The van der Waals surface area contributed by atoms with Crippen LogP contribution in [0.25, 0.3) is 0 Å². The average molecular weight is 291 g/mol. The zero-order valence-corrected chi connectivity index (χ0v) is 10.8.